The quantitative estimate of drug-likeness (QED) is 0.580. The van der Waals surface area contributed by atoms with E-state index < -0.39 is 0 Å². The van der Waals surface area contributed by atoms with Gasteiger partial charge < -0.3 is 9.72 Å². The van der Waals surface area contributed by atoms with Crippen molar-refractivity contribution < 1.29 is 4.74 Å². The van der Waals surface area contributed by atoms with Crippen molar-refractivity contribution in [2.75, 3.05) is 7.11 Å². The van der Waals surface area contributed by atoms with Gasteiger partial charge in [-0.25, -0.2) is 0 Å². The fourth-order valence-corrected chi connectivity index (χ4v) is 2.92. The molecule has 3 nitrogen and oxygen atoms in total. The van der Waals surface area contributed by atoms with E-state index in [1.54, 1.807) is 7.11 Å². The van der Waals surface area contributed by atoms with E-state index in [-0.39, 0.29) is 0 Å². The fourth-order valence-electron chi connectivity index (χ4n) is 2.92. The van der Waals surface area contributed by atoms with Gasteiger partial charge in [-0.2, -0.15) is 0 Å². The van der Waals surface area contributed by atoms with Crippen LogP contribution in [0.5, 0.6) is 5.75 Å². The van der Waals surface area contributed by atoms with Crippen molar-refractivity contribution in [2.45, 2.75) is 6.92 Å². The van der Waals surface area contributed by atoms with Crippen LogP contribution in [-0.4, -0.2) is 17.1 Å². The molecule has 0 aliphatic rings. The highest BCUT2D eigenvalue weighted by atomic mass is 16.5. The van der Waals surface area contributed by atoms with E-state index in [0.29, 0.717) is 0 Å². The van der Waals surface area contributed by atoms with Crippen LogP contribution in [0.15, 0.2) is 54.7 Å². The van der Waals surface area contributed by atoms with Gasteiger partial charge in [0.1, 0.15) is 5.75 Å². The summed E-state index contributed by atoms with van der Waals surface area (Å²) in [5.74, 6) is 0.874. The molecule has 1 N–H and O–H groups in total. The van der Waals surface area contributed by atoms with Gasteiger partial charge >= 0.3 is 0 Å². The van der Waals surface area contributed by atoms with Gasteiger partial charge in [0, 0.05) is 22.5 Å². The zero-order valence-electron chi connectivity index (χ0n) is 12.6. The van der Waals surface area contributed by atoms with Crippen LogP contribution in [0.2, 0.25) is 0 Å². The number of pyridine rings is 1. The van der Waals surface area contributed by atoms with Gasteiger partial charge in [-0.05, 0) is 48.4 Å². The average Bonchev–Trinajstić information content (AvgIpc) is 2.94. The first-order valence-corrected chi connectivity index (χ1v) is 7.28. The molecule has 0 fully saturated rings. The summed E-state index contributed by atoms with van der Waals surface area (Å²) in [5.41, 5.74) is 5.67. The lowest BCUT2D eigenvalue weighted by molar-refractivity contribution is 0.415. The first-order valence-electron chi connectivity index (χ1n) is 7.28. The van der Waals surface area contributed by atoms with E-state index in [4.69, 9.17) is 4.74 Å². The van der Waals surface area contributed by atoms with Gasteiger partial charge in [0.2, 0.25) is 0 Å². The number of H-pyrrole nitrogens is 1. The standard InChI is InChI=1S/C19H16N2O/c1-12-19-16(9-10-20-12)17-11-14(5-8-18(17)21-19)13-3-6-15(22-2)7-4-13/h3-11,21H,1-2H3. The SMILES string of the molecule is COc1ccc(-c2ccc3[nH]c4c(C)nccc4c3c2)cc1. The molecular formula is C19H16N2O. The minimum atomic E-state index is 0.874. The molecule has 4 aromatic rings. The zero-order chi connectivity index (χ0) is 15.1. The Labute approximate surface area is 128 Å². The third-order valence-corrected chi connectivity index (χ3v) is 4.13. The predicted molar refractivity (Wildman–Crippen MR) is 90.3 cm³/mol. The lowest BCUT2D eigenvalue weighted by Gasteiger charge is -2.04. The summed E-state index contributed by atoms with van der Waals surface area (Å²) in [6.07, 6.45) is 1.87. The third kappa shape index (κ3) is 1.94. The molecule has 0 saturated heterocycles. The topological polar surface area (TPSA) is 37.9 Å². The average molecular weight is 288 g/mol. The van der Waals surface area contributed by atoms with Crippen molar-refractivity contribution in [3.05, 3.63) is 60.4 Å². The molecule has 0 bridgehead atoms. The molecule has 3 heteroatoms. The Balaban J connectivity index is 1.92. The van der Waals surface area contributed by atoms with E-state index in [2.05, 4.69) is 46.4 Å². The van der Waals surface area contributed by atoms with Crippen LogP contribution in [0, 0.1) is 6.92 Å². The van der Waals surface area contributed by atoms with Crippen molar-refractivity contribution >= 4 is 21.8 Å². The number of aromatic amines is 1. The highest BCUT2D eigenvalue weighted by Gasteiger charge is 2.08. The van der Waals surface area contributed by atoms with Crippen LogP contribution in [0.3, 0.4) is 0 Å². The molecule has 108 valence electrons. The normalized spacial score (nSPS) is 11.2. The number of aryl methyl sites for hydroxylation is 1. The third-order valence-electron chi connectivity index (χ3n) is 4.13. The molecule has 2 heterocycles. The number of nitrogens with zero attached hydrogens (tertiary/aromatic N) is 1. The Bertz CT molecular complexity index is 968. The number of hydrogen-bond acceptors (Lipinski definition) is 2. The van der Waals surface area contributed by atoms with Crippen LogP contribution in [-0.2, 0) is 0 Å². The number of rotatable bonds is 2. The van der Waals surface area contributed by atoms with E-state index in [0.717, 1.165) is 22.5 Å². The second-order valence-electron chi connectivity index (χ2n) is 5.43. The van der Waals surface area contributed by atoms with Crippen LogP contribution >= 0.6 is 0 Å². The summed E-state index contributed by atoms with van der Waals surface area (Å²) < 4.78 is 5.22. The van der Waals surface area contributed by atoms with E-state index in [1.165, 1.54) is 21.9 Å². The molecule has 0 radical (unpaired) electrons. The molecule has 2 aromatic carbocycles. The Hall–Kier alpha value is -2.81. The van der Waals surface area contributed by atoms with Crippen molar-refractivity contribution in [1.82, 2.24) is 9.97 Å². The lowest BCUT2D eigenvalue weighted by Crippen LogP contribution is -1.82. The zero-order valence-corrected chi connectivity index (χ0v) is 12.6. The van der Waals surface area contributed by atoms with E-state index in [9.17, 15) is 0 Å². The minimum Gasteiger partial charge on any atom is -0.497 e. The van der Waals surface area contributed by atoms with E-state index >= 15 is 0 Å². The first kappa shape index (κ1) is 12.9. The van der Waals surface area contributed by atoms with Crippen LogP contribution in [0.4, 0.5) is 0 Å². The van der Waals surface area contributed by atoms with Gasteiger partial charge in [-0.15, -0.1) is 0 Å². The molecule has 0 spiro atoms. The number of benzene rings is 2. The fraction of sp³-hybridized carbons (Fsp3) is 0.105. The van der Waals surface area contributed by atoms with Crippen LogP contribution in [0.1, 0.15) is 5.69 Å². The second-order valence-corrected chi connectivity index (χ2v) is 5.43. The summed E-state index contributed by atoms with van der Waals surface area (Å²) in [6, 6.07) is 16.7. The maximum Gasteiger partial charge on any atom is 0.118 e. The van der Waals surface area contributed by atoms with Gasteiger partial charge in [-0.1, -0.05) is 18.2 Å². The summed E-state index contributed by atoms with van der Waals surface area (Å²) in [4.78, 5) is 7.82. The Kier molecular flexibility index (Phi) is 2.86. The highest BCUT2D eigenvalue weighted by Crippen LogP contribution is 2.31. The van der Waals surface area contributed by atoms with E-state index in [1.807, 2.05) is 25.3 Å². The molecule has 0 amide bonds. The Morgan fingerprint density at radius 2 is 1.68 bits per heavy atom. The summed E-state index contributed by atoms with van der Waals surface area (Å²) in [6.45, 7) is 2.03. The summed E-state index contributed by atoms with van der Waals surface area (Å²) in [5, 5.41) is 2.45. The molecule has 4 rings (SSSR count). The second kappa shape index (κ2) is 4.88. The number of methoxy groups -OCH3 is 1. The van der Waals surface area contributed by atoms with Gasteiger partial charge in [0.25, 0.3) is 0 Å². The van der Waals surface area contributed by atoms with Crippen molar-refractivity contribution in [2.24, 2.45) is 0 Å². The molecule has 2 aromatic heterocycles. The van der Waals surface area contributed by atoms with Gasteiger partial charge in [-0.3, -0.25) is 4.98 Å². The molecule has 0 saturated carbocycles. The molecular weight excluding hydrogens is 272 g/mol. The number of ether oxygens (including phenoxy) is 1. The molecule has 0 unspecified atom stereocenters. The van der Waals surface area contributed by atoms with Crippen molar-refractivity contribution in [3.8, 4) is 16.9 Å². The van der Waals surface area contributed by atoms with Crippen LogP contribution in [0.25, 0.3) is 32.9 Å². The van der Waals surface area contributed by atoms with Crippen LogP contribution < -0.4 is 4.74 Å². The van der Waals surface area contributed by atoms with Gasteiger partial charge in [0.15, 0.2) is 0 Å². The number of nitrogens with one attached hydrogen (secondary N) is 1. The molecule has 0 atom stereocenters. The monoisotopic (exact) mass is 288 g/mol. The smallest absolute Gasteiger partial charge is 0.118 e. The largest absolute Gasteiger partial charge is 0.497 e. The van der Waals surface area contributed by atoms with Crippen molar-refractivity contribution in [1.29, 1.82) is 0 Å². The molecule has 22 heavy (non-hydrogen) atoms. The maximum absolute atomic E-state index is 5.22. The van der Waals surface area contributed by atoms with Crippen molar-refractivity contribution in [3.63, 3.8) is 0 Å². The summed E-state index contributed by atoms with van der Waals surface area (Å²) >= 11 is 0. The Morgan fingerprint density at radius 1 is 0.909 bits per heavy atom. The highest BCUT2D eigenvalue weighted by molar-refractivity contribution is 6.09. The first-order chi connectivity index (χ1) is 10.8. The minimum absolute atomic E-state index is 0.874. The predicted octanol–water partition coefficient (Wildman–Crippen LogP) is 4.70. The molecule has 0 aliphatic carbocycles. The number of fused-ring (bicyclic) bond motifs is 3. The lowest BCUT2D eigenvalue weighted by atomic mass is 10.0. The number of aromatic nitrogens is 2. The molecule has 0 aliphatic heterocycles. The maximum atomic E-state index is 5.22. The van der Waals surface area contributed by atoms with Gasteiger partial charge in [0.05, 0.1) is 18.3 Å². The Morgan fingerprint density at radius 3 is 2.45 bits per heavy atom. The summed E-state index contributed by atoms with van der Waals surface area (Å²) in [7, 11) is 1.68. The number of hydrogen-bond donors (Lipinski definition) is 1.